The van der Waals surface area contributed by atoms with Crippen molar-refractivity contribution in [3.05, 3.63) is 12.4 Å². The molecule has 0 radical (unpaired) electrons. The maximum Gasteiger partial charge on any atom is 0.244 e. The number of nitrogens with zero attached hydrogens (tertiary/aromatic N) is 1. The second-order valence-electron chi connectivity index (χ2n) is 5.02. The zero-order chi connectivity index (χ0) is 14.0. The van der Waals surface area contributed by atoms with E-state index >= 15 is 0 Å². The summed E-state index contributed by atoms with van der Waals surface area (Å²) in [5.41, 5.74) is -0.410. The molecule has 0 fully saturated rings. The van der Waals surface area contributed by atoms with Gasteiger partial charge in [0.15, 0.2) is 0 Å². The minimum Gasteiger partial charge on any atom is -0.350 e. The lowest BCUT2D eigenvalue weighted by Gasteiger charge is -2.23. The monoisotopic (exact) mass is 274 g/mol. The van der Waals surface area contributed by atoms with E-state index in [1.807, 2.05) is 20.8 Å². The van der Waals surface area contributed by atoms with Gasteiger partial charge in [0.2, 0.25) is 15.9 Å². The molecule has 8 heteroatoms. The van der Waals surface area contributed by atoms with Crippen LogP contribution in [0, 0.1) is 0 Å². The molecule has 0 aliphatic carbocycles. The number of hydrogen-bond acceptors (Lipinski definition) is 4. The van der Waals surface area contributed by atoms with E-state index in [-0.39, 0.29) is 10.8 Å². The van der Waals surface area contributed by atoms with Gasteiger partial charge >= 0.3 is 0 Å². The first kappa shape index (κ1) is 14.7. The van der Waals surface area contributed by atoms with Crippen LogP contribution in [0.1, 0.15) is 27.7 Å². The zero-order valence-corrected chi connectivity index (χ0v) is 11.6. The van der Waals surface area contributed by atoms with Gasteiger partial charge in [0.1, 0.15) is 4.90 Å². The summed E-state index contributed by atoms with van der Waals surface area (Å²) >= 11 is 0. The highest BCUT2D eigenvalue weighted by atomic mass is 32.2. The number of H-pyrrole nitrogens is 1. The quantitative estimate of drug-likeness (QED) is 0.718. The molecule has 1 aromatic rings. The molecule has 3 N–H and O–H groups in total. The van der Waals surface area contributed by atoms with Crippen molar-refractivity contribution >= 4 is 15.9 Å². The first-order valence-corrected chi connectivity index (χ1v) is 6.93. The van der Waals surface area contributed by atoms with Crippen molar-refractivity contribution in [1.82, 2.24) is 20.2 Å². The lowest BCUT2D eigenvalue weighted by atomic mass is 10.1. The third-order valence-electron chi connectivity index (χ3n) is 2.01. The van der Waals surface area contributed by atoms with E-state index in [4.69, 9.17) is 0 Å². The summed E-state index contributed by atoms with van der Waals surface area (Å²) in [6.45, 7) is 6.95. The Kier molecular flexibility index (Phi) is 4.12. The van der Waals surface area contributed by atoms with E-state index in [1.54, 1.807) is 0 Å². The maximum atomic E-state index is 11.8. The zero-order valence-electron chi connectivity index (χ0n) is 10.8. The fourth-order valence-corrected chi connectivity index (χ4v) is 2.33. The summed E-state index contributed by atoms with van der Waals surface area (Å²) in [6, 6.07) is -0.857. The predicted molar refractivity (Wildman–Crippen MR) is 66.3 cm³/mol. The second kappa shape index (κ2) is 5.07. The number of amides is 1. The number of sulfonamides is 1. The molecule has 0 aliphatic heterocycles. The van der Waals surface area contributed by atoms with E-state index in [1.165, 1.54) is 19.3 Å². The Bertz CT molecular complexity index is 502. The van der Waals surface area contributed by atoms with Crippen LogP contribution in [0.4, 0.5) is 0 Å². The third-order valence-corrected chi connectivity index (χ3v) is 3.51. The molecule has 0 bridgehead atoms. The van der Waals surface area contributed by atoms with Gasteiger partial charge in [-0.3, -0.25) is 9.89 Å². The Morgan fingerprint density at radius 3 is 2.50 bits per heavy atom. The Morgan fingerprint density at radius 1 is 1.44 bits per heavy atom. The van der Waals surface area contributed by atoms with Crippen LogP contribution in [0.3, 0.4) is 0 Å². The maximum absolute atomic E-state index is 11.8. The smallest absolute Gasteiger partial charge is 0.244 e. The van der Waals surface area contributed by atoms with Crippen molar-refractivity contribution in [3.63, 3.8) is 0 Å². The number of carbonyl (C=O) groups excluding carboxylic acids is 1. The summed E-state index contributed by atoms with van der Waals surface area (Å²) in [5.74, 6) is -0.380. The van der Waals surface area contributed by atoms with Gasteiger partial charge in [-0.2, -0.15) is 9.82 Å². The van der Waals surface area contributed by atoms with Crippen LogP contribution < -0.4 is 10.0 Å². The number of rotatable bonds is 4. The van der Waals surface area contributed by atoms with Gasteiger partial charge in [-0.25, -0.2) is 8.42 Å². The lowest BCUT2D eigenvalue weighted by molar-refractivity contribution is -0.123. The molecular formula is C10H18N4O3S. The van der Waals surface area contributed by atoms with Crippen LogP contribution in [0.5, 0.6) is 0 Å². The van der Waals surface area contributed by atoms with E-state index in [0.717, 1.165) is 0 Å². The van der Waals surface area contributed by atoms with Crippen LogP contribution in [0.25, 0.3) is 0 Å². The number of nitrogens with one attached hydrogen (secondary N) is 3. The molecule has 0 spiro atoms. The Labute approximate surface area is 106 Å². The van der Waals surface area contributed by atoms with Gasteiger partial charge in [-0.05, 0) is 27.7 Å². The molecule has 1 aromatic heterocycles. The van der Waals surface area contributed by atoms with Crippen LogP contribution in [-0.2, 0) is 14.8 Å². The molecule has 0 saturated heterocycles. The SMILES string of the molecule is CC(NS(=O)(=O)c1cn[nH]c1)C(=O)NC(C)(C)C. The minimum atomic E-state index is -3.72. The van der Waals surface area contributed by atoms with Gasteiger partial charge in [0.25, 0.3) is 0 Å². The number of hydrogen-bond donors (Lipinski definition) is 3. The van der Waals surface area contributed by atoms with E-state index in [2.05, 4.69) is 20.2 Å². The Morgan fingerprint density at radius 2 is 2.06 bits per heavy atom. The summed E-state index contributed by atoms with van der Waals surface area (Å²) in [4.78, 5) is 11.7. The fourth-order valence-electron chi connectivity index (χ4n) is 1.22. The summed E-state index contributed by atoms with van der Waals surface area (Å²) in [5, 5.41) is 8.66. The second-order valence-corrected chi connectivity index (χ2v) is 6.73. The van der Waals surface area contributed by atoms with Gasteiger partial charge in [-0.15, -0.1) is 0 Å². The van der Waals surface area contributed by atoms with Crippen molar-refractivity contribution in [1.29, 1.82) is 0 Å². The summed E-state index contributed by atoms with van der Waals surface area (Å²) in [7, 11) is -3.72. The van der Waals surface area contributed by atoms with Crippen LogP contribution in [0.2, 0.25) is 0 Å². The first-order chi connectivity index (χ1) is 8.12. The molecule has 18 heavy (non-hydrogen) atoms. The first-order valence-electron chi connectivity index (χ1n) is 5.45. The molecule has 1 heterocycles. The lowest BCUT2D eigenvalue weighted by Crippen LogP contribution is -2.50. The van der Waals surface area contributed by atoms with E-state index < -0.39 is 21.6 Å². The van der Waals surface area contributed by atoms with E-state index in [0.29, 0.717) is 0 Å². The molecule has 1 amide bonds. The number of carbonyl (C=O) groups is 1. The van der Waals surface area contributed by atoms with Crippen LogP contribution in [-0.4, -0.2) is 36.1 Å². The molecule has 0 aliphatic rings. The van der Waals surface area contributed by atoms with Crippen LogP contribution in [0.15, 0.2) is 17.3 Å². The van der Waals surface area contributed by atoms with Crippen molar-refractivity contribution in [3.8, 4) is 0 Å². The Balaban J connectivity index is 2.71. The molecule has 0 aromatic carbocycles. The predicted octanol–water partition coefficient (Wildman–Crippen LogP) is -0.00880. The number of aromatic amines is 1. The Hall–Kier alpha value is -1.41. The fraction of sp³-hybridized carbons (Fsp3) is 0.600. The average molecular weight is 274 g/mol. The average Bonchev–Trinajstić information content (AvgIpc) is 2.66. The standard InChI is InChI=1S/C10H18N4O3S/c1-7(9(15)13-10(2,3)4)14-18(16,17)8-5-11-12-6-8/h5-7,14H,1-4H3,(H,11,12)(H,13,15). The molecule has 1 atom stereocenters. The van der Waals surface area contributed by atoms with Crippen molar-refractivity contribution < 1.29 is 13.2 Å². The largest absolute Gasteiger partial charge is 0.350 e. The summed E-state index contributed by atoms with van der Waals surface area (Å²) in [6.07, 6.45) is 2.42. The van der Waals surface area contributed by atoms with Gasteiger partial charge < -0.3 is 5.32 Å². The van der Waals surface area contributed by atoms with E-state index in [9.17, 15) is 13.2 Å². The highest BCUT2D eigenvalue weighted by Crippen LogP contribution is 2.06. The minimum absolute atomic E-state index is 0.00194. The van der Waals surface area contributed by atoms with Crippen molar-refractivity contribution in [2.45, 2.75) is 44.2 Å². The van der Waals surface area contributed by atoms with Gasteiger partial charge in [0, 0.05) is 11.7 Å². The third kappa shape index (κ3) is 4.11. The van der Waals surface area contributed by atoms with Gasteiger partial charge in [0.05, 0.1) is 12.2 Å². The van der Waals surface area contributed by atoms with Crippen LogP contribution >= 0.6 is 0 Å². The topological polar surface area (TPSA) is 104 Å². The summed E-state index contributed by atoms with van der Waals surface area (Å²) < 4.78 is 25.9. The normalized spacial score (nSPS) is 14.2. The molecule has 102 valence electrons. The number of aromatic nitrogens is 2. The van der Waals surface area contributed by atoms with Crippen molar-refractivity contribution in [2.24, 2.45) is 0 Å². The van der Waals surface area contributed by atoms with Gasteiger partial charge in [-0.1, -0.05) is 0 Å². The highest BCUT2D eigenvalue weighted by Gasteiger charge is 2.25. The molecular weight excluding hydrogens is 256 g/mol. The molecule has 1 rings (SSSR count). The molecule has 0 saturated carbocycles. The van der Waals surface area contributed by atoms with Crippen molar-refractivity contribution in [2.75, 3.05) is 0 Å². The molecule has 7 nitrogen and oxygen atoms in total. The molecule has 1 unspecified atom stereocenters. The highest BCUT2D eigenvalue weighted by molar-refractivity contribution is 7.89.